The molecule has 3 heteroatoms. The lowest BCUT2D eigenvalue weighted by molar-refractivity contribution is 0.174. The number of aromatic nitrogens is 1. The van der Waals surface area contributed by atoms with Crippen LogP contribution in [0.1, 0.15) is 12.8 Å². The first-order valence-electron chi connectivity index (χ1n) is 4.80. The van der Waals surface area contributed by atoms with Gasteiger partial charge in [0.05, 0.1) is 12.6 Å². The van der Waals surface area contributed by atoms with Crippen LogP contribution in [0.4, 0.5) is 0 Å². The van der Waals surface area contributed by atoms with E-state index in [4.69, 9.17) is 4.74 Å². The first-order chi connectivity index (χ1) is 6.42. The molecule has 0 aromatic carbocycles. The lowest BCUT2D eigenvalue weighted by atomic mass is 10.2. The highest BCUT2D eigenvalue weighted by atomic mass is 16.5. The van der Waals surface area contributed by atoms with Crippen molar-refractivity contribution in [2.45, 2.75) is 18.9 Å². The number of nitrogens with zero attached hydrogens (tertiary/aromatic N) is 2. The van der Waals surface area contributed by atoms with E-state index in [9.17, 15) is 0 Å². The Kier molecular flexibility index (Phi) is 2.54. The van der Waals surface area contributed by atoms with E-state index in [1.807, 2.05) is 0 Å². The lowest BCUT2D eigenvalue weighted by Crippen LogP contribution is -2.40. The number of hydrogen-bond acceptors (Lipinski definition) is 2. The Balaban J connectivity index is 2.05. The summed E-state index contributed by atoms with van der Waals surface area (Å²) in [6, 6.07) is 4.67. The van der Waals surface area contributed by atoms with Gasteiger partial charge < -0.3 is 9.75 Å². The maximum absolute atomic E-state index is 5.20. The van der Waals surface area contributed by atoms with Gasteiger partial charge in [0.1, 0.15) is 0 Å². The molecule has 1 aromatic rings. The molecule has 2 heterocycles. The van der Waals surface area contributed by atoms with Crippen LogP contribution in [-0.2, 0) is 4.74 Å². The standard InChI is InChI=1S/C10H16N2O/c1-13-9-10-5-4-8-12(10)11-6-2-3-7-11/h2-3,6-7,10H,4-5,8-9H2,1H3. The molecule has 0 radical (unpaired) electrons. The third-order valence-corrected chi connectivity index (χ3v) is 2.59. The molecule has 1 atom stereocenters. The smallest absolute Gasteiger partial charge is 0.0688 e. The highest BCUT2D eigenvalue weighted by molar-refractivity contribution is 5.04. The van der Waals surface area contributed by atoms with E-state index >= 15 is 0 Å². The van der Waals surface area contributed by atoms with Crippen molar-refractivity contribution >= 4 is 0 Å². The van der Waals surface area contributed by atoms with Crippen molar-refractivity contribution in [3.05, 3.63) is 24.5 Å². The van der Waals surface area contributed by atoms with E-state index in [0.29, 0.717) is 6.04 Å². The van der Waals surface area contributed by atoms with Crippen LogP contribution in [0.3, 0.4) is 0 Å². The van der Waals surface area contributed by atoms with Gasteiger partial charge in [0.25, 0.3) is 0 Å². The maximum Gasteiger partial charge on any atom is 0.0688 e. The van der Waals surface area contributed by atoms with Gasteiger partial charge in [-0.2, -0.15) is 0 Å². The molecule has 2 rings (SSSR count). The molecule has 1 unspecified atom stereocenters. The third kappa shape index (κ3) is 1.70. The molecule has 1 aromatic heterocycles. The van der Waals surface area contributed by atoms with Gasteiger partial charge in [-0.25, -0.2) is 0 Å². The number of rotatable bonds is 3. The summed E-state index contributed by atoms with van der Waals surface area (Å²) in [4.78, 5) is 0. The molecule has 0 spiro atoms. The van der Waals surface area contributed by atoms with Crippen molar-refractivity contribution < 1.29 is 4.74 Å². The summed E-state index contributed by atoms with van der Waals surface area (Å²) < 4.78 is 7.36. The van der Waals surface area contributed by atoms with Crippen molar-refractivity contribution in [1.82, 2.24) is 4.68 Å². The number of hydrogen-bond donors (Lipinski definition) is 0. The maximum atomic E-state index is 5.20. The molecule has 0 N–H and O–H groups in total. The Labute approximate surface area is 78.9 Å². The molecule has 0 bridgehead atoms. The van der Waals surface area contributed by atoms with Crippen molar-refractivity contribution in [2.75, 3.05) is 25.3 Å². The summed E-state index contributed by atoms with van der Waals surface area (Å²) in [5.41, 5.74) is 0. The quantitative estimate of drug-likeness (QED) is 0.696. The zero-order chi connectivity index (χ0) is 9.10. The van der Waals surface area contributed by atoms with Gasteiger partial charge in [-0.3, -0.25) is 4.68 Å². The highest BCUT2D eigenvalue weighted by Gasteiger charge is 2.23. The summed E-state index contributed by atoms with van der Waals surface area (Å²) in [6.07, 6.45) is 6.69. The van der Waals surface area contributed by atoms with Gasteiger partial charge in [-0.05, 0) is 25.0 Å². The molecule has 0 saturated carbocycles. The van der Waals surface area contributed by atoms with Crippen LogP contribution in [0, 0.1) is 0 Å². The fraction of sp³-hybridized carbons (Fsp3) is 0.600. The van der Waals surface area contributed by atoms with Gasteiger partial charge in [0.2, 0.25) is 0 Å². The minimum Gasteiger partial charge on any atom is -0.382 e. The van der Waals surface area contributed by atoms with E-state index in [2.05, 4.69) is 34.2 Å². The second kappa shape index (κ2) is 3.83. The van der Waals surface area contributed by atoms with Crippen molar-refractivity contribution in [2.24, 2.45) is 0 Å². The third-order valence-electron chi connectivity index (χ3n) is 2.59. The molecule has 1 fully saturated rings. The summed E-state index contributed by atoms with van der Waals surface area (Å²) >= 11 is 0. The predicted molar refractivity (Wildman–Crippen MR) is 52.4 cm³/mol. The summed E-state index contributed by atoms with van der Waals surface area (Å²) in [7, 11) is 1.77. The average Bonchev–Trinajstić information content (AvgIpc) is 2.71. The zero-order valence-electron chi connectivity index (χ0n) is 8.02. The van der Waals surface area contributed by atoms with Gasteiger partial charge in [-0.1, -0.05) is 0 Å². The summed E-state index contributed by atoms with van der Waals surface area (Å²) in [5.74, 6) is 0. The van der Waals surface area contributed by atoms with Crippen LogP contribution in [0.15, 0.2) is 24.5 Å². The summed E-state index contributed by atoms with van der Waals surface area (Å²) in [6.45, 7) is 1.97. The Hall–Kier alpha value is -0.960. The molecular weight excluding hydrogens is 164 g/mol. The molecular formula is C10H16N2O. The largest absolute Gasteiger partial charge is 0.382 e. The van der Waals surface area contributed by atoms with Crippen LogP contribution in [0.2, 0.25) is 0 Å². The number of ether oxygens (including phenoxy) is 1. The van der Waals surface area contributed by atoms with Crippen molar-refractivity contribution in [3.63, 3.8) is 0 Å². The van der Waals surface area contributed by atoms with E-state index < -0.39 is 0 Å². The van der Waals surface area contributed by atoms with Crippen LogP contribution in [0.5, 0.6) is 0 Å². The monoisotopic (exact) mass is 180 g/mol. The molecule has 1 saturated heterocycles. The molecule has 13 heavy (non-hydrogen) atoms. The molecule has 72 valence electrons. The minimum absolute atomic E-state index is 0.553. The topological polar surface area (TPSA) is 17.4 Å². The van der Waals surface area contributed by atoms with Gasteiger partial charge in [0.15, 0.2) is 0 Å². The lowest BCUT2D eigenvalue weighted by Gasteiger charge is -2.27. The fourth-order valence-corrected chi connectivity index (χ4v) is 1.98. The predicted octanol–water partition coefficient (Wildman–Crippen LogP) is 1.23. The van der Waals surface area contributed by atoms with Crippen LogP contribution < -0.4 is 5.01 Å². The molecule has 3 nitrogen and oxygen atoms in total. The normalized spacial score (nSPS) is 22.5. The minimum atomic E-state index is 0.553. The van der Waals surface area contributed by atoms with E-state index in [0.717, 1.165) is 13.2 Å². The van der Waals surface area contributed by atoms with Crippen LogP contribution >= 0.6 is 0 Å². The fourth-order valence-electron chi connectivity index (χ4n) is 1.98. The van der Waals surface area contributed by atoms with Crippen LogP contribution in [0.25, 0.3) is 0 Å². The first-order valence-corrected chi connectivity index (χ1v) is 4.80. The Morgan fingerprint density at radius 1 is 1.38 bits per heavy atom. The Morgan fingerprint density at radius 2 is 2.15 bits per heavy atom. The van der Waals surface area contributed by atoms with E-state index in [-0.39, 0.29) is 0 Å². The second-order valence-electron chi connectivity index (χ2n) is 3.48. The Morgan fingerprint density at radius 3 is 2.85 bits per heavy atom. The SMILES string of the molecule is COCC1CCCN1n1cccc1. The molecule has 1 aliphatic heterocycles. The van der Waals surface area contributed by atoms with E-state index in [1.165, 1.54) is 12.8 Å². The second-order valence-corrected chi connectivity index (χ2v) is 3.48. The average molecular weight is 180 g/mol. The van der Waals surface area contributed by atoms with Crippen molar-refractivity contribution in [1.29, 1.82) is 0 Å². The van der Waals surface area contributed by atoms with Crippen LogP contribution in [-0.4, -0.2) is 31.0 Å². The Bertz CT molecular complexity index is 245. The molecule has 1 aliphatic rings. The van der Waals surface area contributed by atoms with Crippen molar-refractivity contribution in [3.8, 4) is 0 Å². The molecule has 0 amide bonds. The number of methoxy groups -OCH3 is 1. The highest BCUT2D eigenvalue weighted by Crippen LogP contribution is 2.15. The zero-order valence-corrected chi connectivity index (χ0v) is 8.02. The van der Waals surface area contributed by atoms with Gasteiger partial charge in [0, 0.05) is 26.0 Å². The molecule has 0 aliphatic carbocycles. The summed E-state index contributed by atoms with van der Waals surface area (Å²) in [5, 5.41) is 2.36. The van der Waals surface area contributed by atoms with Gasteiger partial charge in [-0.15, -0.1) is 0 Å². The van der Waals surface area contributed by atoms with Gasteiger partial charge >= 0.3 is 0 Å². The first kappa shape index (κ1) is 8.63. The van der Waals surface area contributed by atoms with E-state index in [1.54, 1.807) is 7.11 Å².